The lowest BCUT2D eigenvalue weighted by molar-refractivity contribution is -0.257. The van der Waals surface area contributed by atoms with Gasteiger partial charge in [0.05, 0.1) is 68.2 Å². The number of hydrogen-bond donors (Lipinski definition) is 2. The van der Waals surface area contributed by atoms with Crippen molar-refractivity contribution in [1.29, 1.82) is 0 Å². The third kappa shape index (κ3) is 4.77. The lowest BCUT2D eigenvalue weighted by atomic mass is 9.49. The zero-order chi connectivity index (χ0) is 44.9. The maximum Gasteiger partial charge on any atom is 0.172 e. The molecule has 8 aliphatic carbocycles. The van der Waals surface area contributed by atoms with E-state index in [1.54, 1.807) is 0 Å². The van der Waals surface area contributed by atoms with E-state index in [9.17, 15) is 19.8 Å². The van der Waals surface area contributed by atoms with Gasteiger partial charge in [-0.25, -0.2) is 0 Å². The van der Waals surface area contributed by atoms with E-state index >= 15 is 0 Å². The molecule has 10 heteroatoms. The van der Waals surface area contributed by atoms with E-state index in [-0.39, 0.29) is 93.1 Å². The molecule has 0 radical (unpaired) electrons. The number of aliphatic hydroxyl groups is 2. The molecule has 0 bridgehead atoms. The summed E-state index contributed by atoms with van der Waals surface area (Å²) < 4.78 is 27.1. The van der Waals surface area contributed by atoms with Crippen LogP contribution in [-0.2, 0) is 54.2 Å². The highest BCUT2D eigenvalue weighted by Gasteiger charge is 2.80. The Bertz CT molecular complexity index is 2120. The summed E-state index contributed by atoms with van der Waals surface area (Å²) in [5.74, 6) is 0.328. The smallest absolute Gasteiger partial charge is 0.172 e. The highest BCUT2D eigenvalue weighted by Crippen LogP contribution is 2.75. The Morgan fingerprint density at radius 2 is 0.906 bits per heavy atom. The Balaban J connectivity index is 0.762. The van der Waals surface area contributed by atoms with Gasteiger partial charge in [-0.15, -0.1) is 0 Å². The maximum absolute atomic E-state index is 14.8. The monoisotopic (exact) mass is 881 g/mol. The summed E-state index contributed by atoms with van der Waals surface area (Å²) in [6.07, 6.45) is 12.8. The Morgan fingerprint density at radius 1 is 0.516 bits per heavy atom. The van der Waals surface area contributed by atoms with E-state index < -0.39 is 33.6 Å². The lowest BCUT2D eigenvalue weighted by Crippen LogP contribution is -2.57. The summed E-state index contributed by atoms with van der Waals surface area (Å²) in [5, 5.41) is 25.8. The Kier molecular flexibility index (Phi) is 8.13. The van der Waals surface area contributed by atoms with E-state index in [2.05, 4.69) is 55.4 Å². The quantitative estimate of drug-likeness (QED) is 0.263. The predicted octanol–water partition coefficient (Wildman–Crippen LogP) is 8.07. The number of ketones is 2. The van der Waals surface area contributed by atoms with Gasteiger partial charge in [0.15, 0.2) is 11.6 Å². The van der Waals surface area contributed by atoms with E-state index in [1.807, 2.05) is 13.8 Å². The van der Waals surface area contributed by atoms with Crippen molar-refractivity contribution in [3.8, 4) is 0 Å². The second-order valence-corrected chi connectivity index (χ2v) is 26.9. The second-order valence-electron chi connectivity index (χ2n) is 26.9. The zero-order valence-corrected chi connectivity index (χ0v) is 40.5. The van der Waals surface area contributed by atoms with Crippen LogP contribution in [-0.4, -0.2) is 77.9 Å². The standard InChI is InChI=1S/C54H76N2O8/c1-27-43-39(61-53(27)17-15-45(3,4)63-53)25-51(49(43,9)59)31-13-11-29-19-35-37(23-47(29,7)33(31)21-41(51)57)55-36-20-30-12-14-32-34(48(30,8)24-38(36)56-35)22-42(58)52(32)26-40-44(50(52,10)60)28(2)54(62-40)18-16-46(5,6)64-54/h27-34,39-40,43-44,59-60H,11-26H2,1-10H3/t27-,28-,29-,30-,31+,32+,33-,34-,39-,40-,43-,44-,47-,48-,49-,50-,51-,52-,53+,54+/m0/s1. The molecule has 64 heavy (non-hydrogen) atoms. The average Bonchev–Trinajstić information content (AvgIpc) is 4.05. The molecule has 0 unspecified atom stereocenters. The molecule has 10 nitrogen and oxygen atoms in total. The number of nitrogens with zero attached hydrogens (tertiary/aromatic N) is 2. The molecule has 20 atom stereocenters. The van der Waals surface area contributed by atoms with Gasteiger partial charge in [0.1, 0.15) is 11.6 Å². The van der Waals surface area contributed by atoms with Gasteiger partial charge in [0, 0.05) is 49.4 Å². The first-order valence-corrected chi connectivity index (χ1v) is 26.0. The van der Waals surface area contributed by atoms with Crippen LogP contribution >= 0.6 is 0 Å². The van der Waals surface area contributed by atoms with Crippen molar-refractivity contribution in [2.75, 3.05) is 0 Å². The number of ether oxygens (including phenoxy) is 4. The van der Waals surface area contributed by atoms with Gasteiger partial charge in [0.2, 0.25) is 0 Å². The summed E-state index contributed by atoms with van der Waals surface area (Å²) >= 11 is 0. The highest BCUT2D eigenvalue weighted by molar-refractivity contribution is 5.91. The summed E-state index contributed by atoms with van der Waals surface area (Å²) in [5.41, 5.74) is -0.0891. The fourth-order valence-corrected chi connectivity index (χ4v) is 20.5. The summed E-state index contributed by atoms with van der Waals surface area (Å²) in [7, 11) is 0. The van der Waals surface area contributed by atoms with Crippen LogP contribution in [0.25, 0.3) is 0 Å². The van der Waals surface area contributed by atoms with Gasteiger partial charge in [-0.2, -0.15) is 0 Å². The number of rotatable bonds is 0. The first-order chi connectivity index (χ1) is 29.9. The lowest BCUT2D eigenvalue weighted by Gasteiger charge is -2.56. The van der Waals surface area contributed by atoms with Crippen LogP contribution in [0.1, 0.15) is 169 Å². The van der Waals surface area contributed by atoms with Gasteiger partial charge in [-0.1, -0.05) is 27.7 Å². The number of fused-ring (bicyclic) bond motifs is 12. The minimum absolute atomic E-state index is 0.00560. The predicted molar refractivity (Wildman–Crippen MR) is 236 cm³/mol. The molecule has 10 fully saturated rings. The number of carbonyl (C=O) groups is 2. The van der Waals surface area contributed by atoms with E-state index in [1.165, 1.54) is 0 Å². The van der Waals surface area contributed by atoms with Gasteiger partial charge >= 0.3 is 0 Å². The van der Waals surface area contributed by atoms with Crippen molar-refractivity contribution < 1.29 is 38.7 Å². The average molecular weight is 881 g/mol. The van der Waals surface area contributed by atoms with Crippen molar-refractivity contribution in [1.82, 2.24) is 9.97 Å². The third-order valence-corrected chi connectivity index (χ3v) is 23.6. The minimum atomic E-state index is -1.17. The molecule has 350 valence electrons. The molecule has 0 aromatic carbocycles. The van der Waals surface area contributed by atoms with Crippen molar-refractivity contribution in [2.45, 2.75) is 218 Å². The van der Waals surface area contributed by atoms with Crippen LogP contribution in [0, 0.1) is 80.8 Å². The molecule has 2 N–H and O–H groups in total. The SMILES string of the molecule is C[C@H]1[C@H]2[C@H](C[C@]3(C(=O)C[C@H]4[C@H]3CC[C@H]3Cc5nc6c(nc5C[C@@]34C)C[C@@H]3CC[C@@H]4[C@H](CC(=O)[C@]45C[C@@H]4O[C@@]7(CCC(C)(C)O7)[C@@H](C)[C@@H]4[C@]5(C)O)[C@@]3(C)C6)[C@@]2(C)O)O[C@@]12CCC(C)(C)O2. The third-order valence-electron chi connectivity index (χ3n) is 23.6. The van der Waals surface area contributed by atoms with E-state index in [0.717, 1.165) is 99.8 Å². The molecule has 6 saturated carbocycles. The molecule has 4 aliphatic heterocycles. The molecule has 4 spiro atoms. The van der Waals surface area contributed by atoms with Crippen LogP contribution < -0.4 is 0 Å². The first kappa shape index (κ1) is 42.3. The molecule has 1 aromatic rings. The molecule has 0 amide bonds. The van der Waals surface area contributed by atoms with Gasteiger partial charge in [-0.3, -0.25) is 19.6 Å². The fraction of sp³-hybridized carbons (Fsp3) is 0.889. The molecule has 13 rings (SSSR count). The summed E-state index contributed by atoms with van der Waals surface area (Å²) in [6, 6.07) is 0. The first-order valence-electron chi connectivity index (χ1n) is 26.0. The molecular weight excluding hydrogens is 805 g/mol. The number of carbonyl (C=O) groups excluding carboxylic acids is 2. The fourth-order valence-electron chi connectivity index (χ4n) is 20.5. The zero-order valence-electron chi connectivity index (χ0n) is 40.5. The van der Waals surface area contributed by atoms with Crippen LogP contribution in [0.2, 0.25) is 0 Å². The summed E-state index contributed by atoms with van der Waals surface area (Å²) in [4.78, 5) is 40.8. The molecule has 1 aromatic heterocycles. The van der Waals surface area contributed by atoms with E-state index in [0.29, 0.717) is 37.5 Å². The number of hydrogen-bond acceptors (Lipinski definition) is 10. The van der Waals surface area contributed by atoms with Crippen LogP contribution in [0.3, 0.4) is 0 Å². The van der Waals surface area contributed by atoms with Gasteiger partial charge < -0.3 is 29.2 Å². The Hall–Kier alpha value is -1.82. The van der Waals surface area contributed by atoms with Gasteiger partial charge in [0.25, 0.3) is 0 Å². The Morgan fingerprint density at radius 3 is 1.25 bits per heavy atom. The molecular formula is C54H76N2O8. The van der Waals surface area contributed by atoms with E-state index in [4.69, 9.17) is 28.9 Å². The Labute approximate surface area is 380 Å². The number of aromatic nitrogens is 2. The molecule has 12 aliphatic rings. The van der Waals surface area contributed by atoms with Crippen LogP contribution in [0.4, 0.5) is 0 Å². The van der Waals surface area contributed by atoms with Crippen LogP contribution in [0.5, 0.6) is 0 Å². The number of Topliss-reactive ketones (excluding diaryl/α,β-unsaturated/α-hetero) is 2. The highest BCUT2D eigenvalue weighted by atomic mass is 16.7. The molecule has 4 saturated heterocycles. The second kappa shape index (κ2) is 12.3. The normalized spacial score (nSPS) is 57.9. The van der Waals surface area contributed by atoms with Crippen molar-refractivity contribution in [3.63, 3.8) is 0 Å². The van der Waals surface area contributed by atoms with Crippen LogP contribution in [0.15, 0.2) is 0 Å². The maximum atomic E-state index is 14.8. The van der Waals surface area contributed by atoms with Crippen molar-refractivity contribution in [2.24, 2.45) is 80.8 Å². The van der Waals surface area contributed by atoms with Crippen molar-refractivity contribution >= 4 is 11.6 Å². The van der Waals surface area contributed by atoms with Gasteiger partial charge in [-0.05, 0) is 165 Å². The van der Waals surface area contributed by atoms with Crippen molar-refractivity contribution in [3.05, 3.63) is 22.8 Å². The largest absolute Gasteiger partial charge is 0.389 e. The summed E-state index contributed by atoms with van der Waals surface area (Å²) in [6.45, 7) is 21.8. The minimum Gasteiger partial charge on any atom is -0.389 e. The molecule has 5 heterocycles. The topological polar surface area (TPSA) is 137 Å².